The van der Waals surface area contributed by atoms with Gasteiger partial charge in [-0.15, -0.1) is 11.3 Å². The Morgan fingerprint density at radius 2 is 1.02 bits per heavy atom. The van der Waals surface area contributed by atoms with Crippen LogP contribution in [0.2, 0.25) is 0 Å². The summed E-state index contributed by atoms with van der Waals surface area (Å²) in [6, 6.07) is 64.4. The molecule has 0 bridgehead atoms. The van der Waals surface area contributed by atoms with Crippen LogP contribution in [-0.2, 0) is 0 Å². The number of hydrogen-bond donors (Lipinski definition) is 0. The summed E-state index contributed by atoms with van der Waals surface area (Å²) in [6.07, 6.45) is 0. The molecule has 0 N–H and O–H groups in total. The second kappa shape index (κ2) is 12.3. The van der Waals surface area contributed by atoms with Gasteiger partial charge in [0.1, 0.15) is 0 Å². The summed E-state index contributed by atoms with van der Waals surface area (Å²) in [7, 11) is 0. The summed E-state index contributed by atoms with van der Waals surface area (Å²) in [4.78, 5) is 15.6. The SMILES string of the molecule is c1ccc(-c2nc(-c3ccccc3)nc(-n3c4ccc(-c5cccc6ccccc56)cc4c4ccc5sc6c(-c7ccccc7)cccc6c5c43)n2)cc1. The van der Waals surface area contributed by atoms with Gasteiger partial charge >= 0.3 is 0 Å². The molecule has 0 aliphatic carbocycles. The standard InChI is InChI=1S/C49H30N4S/c1-4-14-32(15-5-1)38-24-13-25-40-44-43(54-46(38)40)29-27-39-41-30-35(37-23-12-21-31-16-10-11-22-36(31)37)26-28-42(41)53(45(39)44)49-51-47(33-17-6-2-7-18-33)50-48(52-49)34-19-8-3-9-20-34/h1-30H. The summed E-state index contributed by atoms with van der Waals surface area (Å²) in [6.45, 7) is 0. The van der Waals surface area contributed by atoms with Crippen LogP contribution in [0.5, 0.6) is 0 Å². The highest BCUT2D eigenvalue weighted by molar-refractivity contribution is 7.26. The number of nitrogens with zero attached hydrogens (tertiary/aromatic N) is 4. The van der Waals surface area contributed by atoms with E-state index in [0.717, 1.165) is 32.9 Å². The highest BCUT2D eigenvalue weighted by Crippen LogP contribution is 2.46. The average molecular weight is 707 g/mol. The van der Waals surface area contributed by atoms with Crippen molar-refractivity contribution in [2.45, 2.75) is 0 Å². The molecule has 0 radical (unpaired) electrons. The first-order valence-electron chi connectivity index (χ1n) is 18.1. The third kappa shape index (κ3) is 4.86. The van der Waals surface area contributed by atoms with Crippen LogP contribution in [0.4, 0.5) is 0 Å². The van der Waals surface area contributed by atoms with Crippen LogP contribution in [-0.4, -0.2) is 19.5 Å². The lowest BCUT2D eigenvalue weighted by atomic mass is 9.97. The average Bonchev–Trinajstić information content (AvgIpc) is 3.80. The fraction of sp³-hybridized carbons (Fsp3) is 0. The topological polar surface area (TPSA) is 43.6 Å². The van der Waals surface area contributed by atoms with Crippen LogP contribution >= 0.6 is 11.3 Å². The summed E-state index contributed by atoms with van der Waals surface area (Å²) in [5.74, 6) is 1.86. The van der Waals surface area contributed by atoms with E-state index in [-0.39, 0.29) is 0 Å². The molecule has 0 saturated heterocycles. The first-order chi connectivity index (χ1) is 26.8. The molecule has 0 aliphatic heterocycles. The number of fused-ring (bicyclic) bond motifs is 8. The Hall–Kier alpha value is -6.95. The van der Waals surface area contributed by atoms with Crippen LogP contribution in [0.1, 0.15) is 0 Å². The smallest absolute Gasteiger partial charge is 0.238 e. The van der Waals surface area contributed by atoms with Crippen molar-refractivity contribution in [3.05, 3.63) is 182 Å². The van der Waals surface area contributed by atoms with Crippen molar-refractivity contribution in [2.24, 2.45) is 0 Å². The number of hydrogen-bond acceptors (Lipinski definition) is 4. The third-order valence-electron chi connectivity index (χ3n) is 10.5. The number of aromatic nitrogens is 4. The molecule has 54 heavy (non-hydrogen) atoms. The molecular formula is C49H30N4S. The molecule has 0 fully saturated rings. The summed E-state index contributed by atoms with van der Waals surface area (Å²) >= 11 is 1.85. The highest BCUT2D eigenvalue weighted by Gasteiger charge is 2.23. The van der Waals surface area contributed by atoms with Crippen LogP contribution in [0.25, 0.3) is 104 Å². The van der Waals surface area contributed by atoms with Crippen molar-refractivity contribution < 1.29 is 0 Å². The lowest BCUT2D eigenvalue weighted by molar-refractivity contribution is 0.955. The first kappa shape index (κ1) is 30.7. The predicted molar refractivity (Wildman–Crippen MR) is 226 cm³/mol. The van der Waals surface area contributed by atoms with Crippen molar-refractivity contribution in [1.29, 1.82) is 0 Å². The molecule has 8 aromatic carbocycles. The molecule has 3 heterocycles. The van der Waals surface area contributed by atoms with Gasteiger partial charge in [-0.05, 0) is 51.2 Å². The van der Waals surface area contributed by atoms with E-state index >= 15 is 0 Å². The maximum absolute atomic E-state index is 5.27. The lowest BCUT2D eigenvalue weighted by Crippen LogP contribution is -2.06. The van der Waals surface area contributed by atoms with E-state index in [1.54, 1.807) is 0 Å². The Bertz CT molecular complexity index is 3140. The summed E-state index contributed by atoms with van der Waals surface area (Å²) in [5, 5.41) is 7.20. The van der Waals surface area contributed by atoms with E-state index in [4.69, 9.17) is 15.0 Å². The predicted octanol–water partition coefficient (Wildman–Crippen LogP) is 13.2. The van der Waals surface area contributed by atoms with Gasteiger partial charge in [0.05, 0.1) is 11.0 Å². The van der Waals surface area contributed by atoms with E-state index in [1.807, 2.05) is 47.7 Å². The zero-order valence-electron chi connectivity index (χ0n) is 29.0. The maximum Gasteiger partial charge on any atom is 0.238 e. The van der Waals surface area contributed by atoms with Gasteiger partial charge in [-0.3, -0.25) is 4.57 Å². The van der Waals surface area contributed by atoms with Gasteiger partial charge < -0.3 is 0 Å². The molecule has 11 rings (SSSR count). The molecule has 3 aromatic heterocycles. The van der Waals surface area contributed by atoms with Crippen molar-refractivity contribution in [3.63, 3.8) is 0 Å². The fourth-order valence-corrected chi connectivity index (χ4v) is 9.22. The van der Waals surface area contributed by atoms with Crippen molar-refractivity contribution in [1.82, 2.24) is 19.5 Å². The zero-order valence-corrected chi connectivity index (χ0v) is 29.8. The van der Waals surface area contributed by atoms with Crippen LogP contribution in [0.15, 0.2) is 182 Å². The minimum Gasteiger partial charge on any atom is -0.277 e. The van der Waals surface area contributed by atoms with Crippen LogP contribution in [0, 0.1) is 0 Å². The molecule has 0 saturated carbocycles. The number of thiophene rings is 1. The lowest BCUT2D eigenvalue weighted by Gasteiger charge is -2.12. The Balaban J connectivity index is 1.27. The van der Waals surface area contributed by atoms with E-state index in [9.17, 15) is 0 Å². The minimum atomic E-state index is 0.590. The largest absolute Gasteiger partial charge is 0.277 e. The van der Waals surface area contributed by atoms with Gasteiger partial charge in [-0.25, -0.2) is 4.98 Å². The monoisotopic (exact) mass is 706 g/mol. The summed E-state index contributed by atoms with van der Waals surface area (Å²) in [5.41, 5.74) is 8.85. The molecule has 4 nitrogen and oxygen atoms in total. The Morgan fingerprint density at radius 3 is 1.76 bits per heavy atom. The minimum absolute atomic E-state index is 0.590. The van der Waals surface area contributed by atoms with Crippen LogP contribution in [0.3, 0.4) is 0 Å². The van der Waals surface area contributed by atoms with Crippen LogP contribution < -0.4 is 0 Å². The molecule has 0 aliphatic rings. The van der Waals surface area contributed by atoms with E-state index in [0.29, 0.717) is 17.6 Å². The second-order valence-corrected chi connectivity index (χ2v) is 14.6. The second-order valence-electron chi connectivity index (χ2n) is 13.6. The molecule has 5 heteroatoms. The number of benzene rings is 8. The van der Waals surface area contributed by atoms with Gasteiger partial charge in [0.2, 0.25) is 5.95 Å². The highest BCUT2D eigenvalue weighted by atomic mass is 32.1. The zero-order chi connectivity index (χ0) is 35.6. The molecule has 0 spiro atoms. The summed E-state index contributed by atoms with van der Waals surface area (Å²) < 4.78 is 4.77. The van der Waals surface area contributed by atoms with Crippen molar-refractivity contribution >= 4 is 64.1 Å². The Labute approximate surface area is 315 Å². The molecular weight excluding hydrogens is 677 g/mol. The van der Waals surface area contributed by atoms with Crippen molar-refractivity contribution in [3.8, 4) is 51.0 Å². The van der Waals surface area contributed by atoms with Crippen molar-refractivity contribution in [2.75, 3.05) is 0 Å². The first-order valence-corrected chi connectivity index (χ1v) is 18.9. The van der Waals surface area contributed by atoms with Gasteiger partial charge in [0, 0.05) is 42.1 Å². The maximum atomic E-state index is 5.27. The van der Waals surface area contributed by atoms with Gasteiger partial charge in [0.25, 0.3) is 0 Å². The fourth-order valence-electron chi connectivity index (χ4n) is 7.98. The Kier molecular flexibility index (Phi) is 7.00. The van der Waals surface area contributed by atoms with Gasteiger partial charge in [-0.2, -0.15) is 9.97 Å². The molecule has 11 aromatic rings. The van der Waals surface area contributed by atoms with Gasteiger partial charge in [-0.1, -0.05) is 164 Å². The molecule has 0 amide bonds. The third-order valence-corrected chi connectivity index (χ3v) is 11.7. The Morgan fingerprint density at radius 1 is 0.407 bits per heavy atom. The number of rotatable bonds is 5. The quantitative estimate of drug-likeness (QED) is 0.179. The molecule has 252 valence electrons. The van der Waals surface area contributed by atoms with E-state index < -0.39 is 0 Å². The van der Waals surface area contributed by atoms with Gasteiger partial charge in [0.15, 0.2) is 11.6 Å². The molecule has 0 unspecified atom stereocenters. The molecule has 0 atom stereocenters. The normalized spacial score (nSPS) is 11.7. The van der Waals surface area contributed by atoms with E-state index in [1.165, 1.54) is 53.2 Å². The van der Waals surface area contributed by atoms with E-state index in [2.05, 4.69) is 150 Å².